The van der Waals surface area contributed by atoms with E-state index in [1.54, 1.807) is 9.80 Å². The van der Waals surface area contributed by atoms with Gasteiger partial charge >= 0.3 is 5.97 Å². The topological polar surface area (TPSA) is 66.9 Å². The summed E-state index contributed by atoms with van der Waals surface area (Å²) in [6.45, 7) is 3.95. The van der Waals surface area contributed by atoms with E-state index in [1.807, 2.05) is 0 Å². The van der Waals surface area contributed by atoms with Crippen molar-refractivity contribution in [3.8, 4) is 0 Å². The Kier molecular flexibility index (Phi) is 15.0. The molecule has 0 bridgehead atoms. The number of carbonyl (C=O) groups excluding carboxylic acids is 3. The molecule has 0 aromatic heterocycles. The van der Waals surface area contributed by atoms with Crippen molar-refractivity contribution in [2.24, 2.45) is 0 Å². The van der Waals surface area contributed by atoms with E-state index in [0.29, 0.717) is 32.5 Å². The minimum atomic E-state index is -0.393. The monoisotopic (exact) mass is 478 g/mol. The molecule has 0 saturated carbocycles. The first-order valence-electron chi connectivity index (χ1n) is 14.4. The fourth-order valence-corrected chi connectivity index (χ4v) is 5.21. The number of unbranched alkanes of at least 4 members (excludes halogenated alkanes) is 13. The standard InChI is InChI=1S/C28H50N2O4/c1-2-3-4-5-6-7-8-9-10-11-12-13-14-17-23-34-27(32)24-29-21-16-15-19-25(28(29)33)30-22-18-20-26(30)31/h25H,2-24H2,1H3. The van der Waals surface area contributed by atoms with Crippen LogP contribution in [-0.4, -0.2) is 59.9 Å². The van der Waals surface area contributed by atoms with Crippen molar-refractivity contribution in [2.75, 3.05) is 26.2 Å². The van der Waals surface area contributed by atoms with Gasteiger partial charge in [0.2, 0.25) is 11.8 Å². The van der Waals surface area contributed by atoms with Gasteiger partial charge in [-0.05, 0) is 32.1 Å². The summed E-state index contributed by atoms with van der Waals surface area (Å²) in [5, 5.41) is 0. The van der Waals surface area contributed by atoms with Crippen molar-refractivity contribution in [2.45, 2.75) is 135 Å². The van der Waals surface area contributed by atoms with Gasteiger partial charge < -0.3 is 14.5 Å². The third kappa shape index (κ3) is 11.2. The van der Waals surface area contributed by atoms with Crippen molar-refractivity contribution >= 4 is 17.8 Å². The molecule has 0 aliphatic carbocycles. The Morgan fingerprint density at radius 1 is 0.794 bits per heavy atom. The molecule has 0 spiro atoms. The summed E-state index contributed by atoms with van der Waals surface area (Å²) in [5.41, 5.74) is 0. The van der Waals surface area contributed by atoms with Gasteiger partial charge in [-0.25, -0.2) is 0 Å². The first kappa shape index (κ1) is 28.6. The van der Waals surface area contributed by atoms with Crippen molar-refractivity contribution in [1.82, 2.24) is 9.80 Å². The Morgan fingerprint density at radius 2 is 1.38 bits per heavy atom. The molecule has 0 aromatic carbocycles. The van der Waals surface area contributed by atoms with Crippen molar-refractivity contribution in [3.63, 3.8) is 0 Å². The molecule has 2 heterocycles. The Labute approximate surface area is 208 Å². The van der Waals surface area contributed by atoms with Crippen LogP contribution < -0.4 is 0 Å². The molecule has 2 aliphatic heterocycles. The Morgan fingerprint density at radius 3 is 1.94 bits per heavy atom. The lowest BCUT2D eigenvalue weighted by atomic mass is 10.0. The molecular formula is C28H50N2O4. The second-order valence-electron chi connectivity index (χ2n) is 10.3. The smallest absolute Gasteiger partial charge is 0.325 e. The highest BCUT2D eigenvalue weighted by molar-refractivity contribution is 5.90. The van der Waals surface area contributed by atoms with Gasteiger partial charge in [0.25, 0.3) is 0 Å². The highest BCUT2D eigenvalue weighted by atomic mass is 16.5. The van der Waals surface area contributed by atoms with Crippen LogP contribution in [-0.2, 0) is 19.1 Å². The zero-order valence-corrected chi connectivity index (χ0v) is 21.9. The van der Waals surface area contributed by atoms with Gasteiger partial charge in [-0.2, -0.15) is 0 Å². The first-order chi connectivity index (χ1) is 16.6. The minimum Gasteiger partial charge on any atom is -0.464 e. The third-order valence-corrected chi connectivity index (χ3v) is 7.32. The number of likely N-dealkylation sites (tertiary alicyclic amines) is 2. The highest BCUT2D eigenvalue weighted by Crippen LogP contribution is 2.22. The minimum absolute atomic E-state index is 0.00989. The van der Waals surface area contributed by atoms with Crippen LogP contribution in [0.5, 0.6) is 0 Å². The number of nitrogens with zero attached hydrogens (tertiary/aromatic N) is 2. The van der Waals surface area contributed by atoms with Crippen LogP contribution in [0.3, 0.4) is 0 Å². The molecule has 34 heavy (non-hydrogen) atoms. The maximum atomic E-state index is 13.0. The molecule has 1 unspecified atom stereocenters. The SMILES string of the molecule is CCCCCCCCCCCCCCCCOC(=O)CN1CCCCC(N2CCCC2=O)C1=O. The van der Waals surface area contributed by atoms with Gasteiger partial charge in [0.05, 0.1) is 6.61 Å². The van der Waals surface area contributed by atoms with Gasteiger partial charge in [-0.3, -0.25) is 14.4 Å². The summed E-state index contributed by atoms with van der Waals surface area (Å²) in [5.74, 6) is -0.335. The fourth-order valence-electron chi connectivity index (χ4n) is 5.21. The average molecular weight is 479 g/mol. The van der Waals surface area contributed by atoms with Crippen LogP contribution in [0.2, 0.25) is 0 Å². The lowest BCUT2D eigenvalue weighted by Gasteiger charge is -2.29. The Hall–Kier alpha value is -1.59. The molecule has 6 nitrogen and oxygen atoms in total. The summed E-state index contributed by atoms with van der Waals surface area (Å²) in [6, 6.07) is -0.393. The van der Waals surface area contributed by atoms with Gasteiger partial charge in [-0.15, -0.1) is 0 Å². The van der Waals surface area contributed by atoms with Crippen LogP contribution in [0.15, 0.2) is 0 Å². The second kappa shape index (κ2) is 17.8. The maximum absolute atomic E-state index is 13.0. The van der Waals surface area contributed by atoms with E-state index in [1.165, 1.54) is 77.0 Å². The number of esters is 1. The lowest BCUT2D eigenvalue weighted by Crippen LogP contribution is -2.49. The summed E-state index contributed by atoms with van der Waals surface area (Å²) >= 11 is 0. The number of hydrogen-bond donors (Lipinski definition) is 0. The van der Waals surface area contributed by atoms with Crippen LogP contribution >= 0.6 is 0 Å². The predicted molar refractivity (Wildman–Crippen MR) is 136 cm³/mol. The molecule has 2 saturated heterocycles. The summed E-state index contributed by atoms with van der Waals surface area (Å²) in [7, 11) is 0. The molecule has 1 atom stereocenters. The van der Waals surface area contributed by atoms with E-state index in [2.05, 4.69) is 6.92 Å². The van der Waals surface area contributed by atoms with E-state index >= 15 is 0 Å². The summed E-state index contributed by atoms with van der Waals surface area (Å²) < 4.78 is 5.41. The number of rotatable bonds is 18. The Bertz CT molecular complexity index is 595. The quantitative estimate of drug-likeness (QED) is 0.179. The molecule has 2 rings (SSSR count). The highest BCUT2D eigenvalue weighted by Gasteiger charge is 2.36. The maximum Gasteiger partial charge on any atom is 0.325 e. The molecule has 6 heteroatoms. The van der Waals surface area contributed by atoms with Gasteiger partial charge in [0, 0.05) is 19.5 Å². The lowest BCUT2D eigenvalue weighted by molar-refractivity contribution is -0.151. The molecule has 2 aliphatic rings. The fraction of sp³-hybridized carbons (Fsp3) is 0.893. The van der Waals surface area contributed by atoms with Crippen LogP contribution in [0.4, 0.5) is 0 Å². The molecule has 0 radical (unpaired) electrons. The molecule has 0 aromatic rings. The van der Waals surface area contributed by atoms with E-state index in [9.17, 15) is 14.4 Å². The number of hydrogen-bond acceptors (Lipinski definition) is 4. The van der Waals surface area contributed by atoms with Crippen molar-refractivity contribution < 1.29 is 19.1 Å². The summed E-state index contributed by atoms with van der Waals surface area (Å²) in [4.78, 5) is 40.7. The van der Waals surface area contributed by atoms with Crippen LogP contribution in [0, 0.1) is 0 Å². The van der Waals surface area contributed by atoms with Gasteiger partial charge in [0.15, 0.2) is 0 Å². The third-order valence-electron chi connectivity index (χ3n) is 7.32. The average Bonchev–Trinajstić information content (AvgIpc) is 3.17. The summed E-state index contributed by atoms with van der Waals surface area (Å²) in [6.07, 6.45) is 22.0. The van der Waals surface area contributed by atoms with E-state index in [0.717, 1.165) is 32.1 Å². The van der Waals surface area contributed by atoms with E-state index < -0.39 is 6.04 Å². The molecule has 2 amide bonds. The largest absolute Gasteiger partial charge is 0.464 e. The molecule has 0 N–H and O–H groups in total. The molecule has 2 fully saturated rings. The van der Waals surface area contributed by atoms with Crippen LogP contribution in [0.1, 0.15) is 129 Å². The van der Waals surface area contributed by atoms with E-state index in [4.69, 9.17) is 4.74 Å². The second-order valence-corrected chi connectivity index (χ2v) is 10.3. The number of amides is 2. The number of ether oxygens (including phenoxy) is 1. The van der Waals surface area contributed by atoms with Gasteiger partial charge in [-0.1, -0.05) is 90.4 Å². The zero-order chi connectivity index (χ0) is 24.4. The predicted octanol–water partition coefficient (Wildman–Crippen LogP) is 6.01. The first-order valence-corrected chi connectivity index (χ1v) is 14.4. The molecular weight excluding hydrogens is 428 g/mol. The molecule has 196 valence electrons. The van der Waals surface area contributed by atoms with E-state index in [-0.39, 0.29) is 24.3 Å². The van der Waals surface area contributed by atoms with Crippen molar-refractivity contribution in [3.05, 3.63) is 0 Å². The zero-order valence-electron chi connectivity index (χ0n) is 21.9. The Balaban J connectivity index is 1.46. The van der Waals surface area contributed by atoms with Crippen LogP contribution in [0.25, 0.3) is 0 Å². The normalized spacial score (nSPS) is 19.0. The number of carbonyl (C=O) groups is 3. The van der Waals surface area contributed by atoms with Gasteiger partial charge in [0.1, 0.15) is 12.6 Å². The van der Waals surface area contributed by atoms with Crippen molar-refractivity contribution in [1.29, 1.82) is 0 Å².